The Labute approximate surface area is 187 Å². The molecule has 3 aromatic carbocycles. The van der Waals surface area contributed by atoms with E-state index in [9.17, 15) is 9.59 Å². The van der Waals surface area contributed by atoms with E-state index >= 15 is 0 Å². The molecule has 1 aromatic heterocycles. The zero-order valence-corrected chi connectivity index (χ0v) is 18.4. The van der Waals surface area contributed by atoms with Crippen molar-refractivity contribution in [1.82, 2.24) is 14.9 Å². The molecule has 0 spiro atoms. The third kappa shape index (κ3) is 4.94. The van der Waals surface area contributed by atoms with Crippen LogP contribution in [-0.2, 0) is 13.0 Å². The fourth-order valence-electron chi connectivity index (χ4n) is 3.83. The number of nitrogens with zero attached hydrogens (tertiary/aromatic N) is 2. The molecule has 0 saturated heterocycles. The minimum atomic E-state index is -0.0993. The number of benzene rings is 3. The first kappa shape index (κ1) is 21.5. The quantitative estimate of drug-likeness (QED) is 0.474. The number of aryl methyl sites for hydroxylation is 2. The second-order valence-electron chi connectivity index (χ2n) is 8.17. The first-order chi connectivity index (χ1) is 15.5. The van der Waals surface area contributed by atoms with E-state index in [0.717, 1.165) is 29.4 Å². The van der Waals surface area contributed by atoms with E-state index < -0.39 is 0 Å². The molecule has 162 valence electrons. The highest BCUT2D eigenvalue weighted by Gasteiger charge is 2.12. The fraction of sp³-hybridized carbons (Fsp3) is 0.222. The number of fused-ring (bicyclic) bond motifs is 1. The maximum Gasteiger partial charge on any atom is 0.272 e. The van der Waals surface area contributed by atoms with Crippen molar-refractivity contribution in [2.75, 3.05) is 0 Å². The van der Waals surface area contributed by atoms with E-state index in [1.165, 1.54) is 5.56 Å². The average molecular weight is 426 g/mol. The Hall–Kier alpha value is -3.73. The van der Waals surface area contributed by atoms with Gasteiger partial charge >= 0.3 is 0 Å². The van der Waals surface area contributed by atoms with Crippen molar-refractivity contribution in [2.45, 2.75) is 39.3 Å². The summed E-state index contributed by atoms with van der Waals surface area (Å²) in [6.45, 7) is 4.19. The fourth-order valence-corrected chi connectivity index (χ4v) is 3.83. The van der Waals surface area contributed by atoms with Crippen LogP contribution in [0.5, 0.6) is 0 Å². The SMILES string of the molecule is Cc1nc2ccccc2n(Cc2ccc(C(=O)N[C@@H](C)CCc3ccccc3)cc2)c1=O. The zero-order valence-electron chi connectivity index (χ0n) is 18.4. The molecule has 4 aromatic rings. The van der Waals surface area contributed by atoms with E-state index in [0.29, 0.717) is 17.8 Å². The number of hydrogen-bond donors (Lipinski definition) is 1. The van der Waals surface area contributed by atoms with Gasteiger partial charge in [0.25, 0.3) is 11.5 Å². The van der Waals surface area contributed by atoms with Gasteiger partial charge in [-0.05, 0) is 62.1 Å². The van der Waals surface area contributed by atoms with Crippen LogP contribution in [0.25, 0.3) is 11.0 Å². The van der Waals surface area contributed by atoms with Crippen molar-refractivity contribution < 1.29 is 4.79 Å². The summed E-state index contributed by atoms with van der Waals surface area (Å²) < 4.78 is 1.73. The molecular weight excluding hydrogens is 398 g/mol. The van der Waals surface area contributed by atoms with Crippen molar-refractivity contribution in [3.8, 4) is 0 Å². The Balaban J connectivity index is 1.42. The van der Waals surface area contributed by atoms with E-state index in [4.69, 9.17) is 0 Å². The Bertz CT molecular complexity index is 1280. The molecular formula is C27H27N3O2. The van der Waals surface area contributed by atoms with Crippen molar-refractivity contribution in [2.24, 2.45) is 0 Å². The van der Waals surface area contributed by atoms with E-state index in [-0.39, 0.29) is 17.5 Å². The van der Waals surface area contributed by atoms with Crippen LogP contribution in [0.4, 0.5) is 0 Å². The van der Waals surface area contributed by atoms with E-state index in [1.54, 1.807) is 11.5 Å². The smallest absolute Gasteiger partial charge is 0.272 e. The summed E-state index contributed by atoms with van der Waals surface area (Å²) in [6, 6.07) is 25.4. The molecule has 32 heavy (non-hydrogen) atoms. The van der Waals surface area contributed by atoms with Crippen molar-refractivity contribution in [1.29, 1.82) is 0 Å². The van der Waals surface area contributed by atoms with Crippen LogP contribution in [0, 0.1) is 6.92 Å². The highest BCUT2D eigenvalue weighted by atomic mass is 16.1. The van der Waals surface area contributed by atoms with Crippen LogP contribution in [0.2, 0.25) is 0 Å². The maximum absolute atomic E-state index is 12.7. The lowest BCUT2D eigenvalue weighted by atomic mass is 10.1. The molecule has 1 N–H and O–H groups in total. The van der Waals surface area contributed by atoms with Crippen LogP contribution in [0.1, 0.15) is 40.5 Å². The van der Waals surface area contributed by atoms with Crippen LogP contribution >= 0.6 is 0 Å². The highest BCUT2D eigenvalue weighted by molar-refractivity contribution is 5.94. The molecule has 0 aliphatic heterocycles. The normalized spacial score (nSPS) is 11.9. The van der Waals surface area contributed by atoms with Gasteiger partial charge in [0, 0.05) is 11.6 Å². The number of para-hydroxylation sites is 2. The number of carbonyl (C=O) groups excluding carboxylic acids is 1. The second-order valence-corrected chi connectivity index (χ2v) is 8.17. The molecule has 1 heterocycles. The number of aromatic nitrogens is 2. The first-order valence-corrected chi connectivity index (χ1v) is 10.9. The minimum absolute atomic E-state index is 0.0760. The lowest BCUT2D eigenvalue weighted by Crippen LogP contribution is -2.32. The standard InChI is InChI=1S/C27H27N3O2/c1-19(12-13-21-8-4-3-5-9-21)28-26(31)23-16-14-22(15-17-23)18-30-25-11-7-6-10-24(25)29-20(2)27(30)32/h3-11,14-17,19H,12-13,18H2,1-2H3,(H,28,31)/t19-/m0/s1. The van der Waals surface area contributed by atoms with Gasteiger partial charge in [-0.1, -0.05) is 54.6 Å². The number of nitrogens with one attached hydrogen (secondary N) is 1. The third-order valence-electron chi connectivity index (χ3n) is 5.66. The Morgan fingerprint density at radius 2 is 1.62 bits per heavy atom. The molecule has 0 unspecified atom stereocenters. The first-order valence-electron chi connectivity index (χ1n) is 10.9. The highest BCUT2D eigenvalue weighted by Crippen LogP contribution is 2.13. The number of hydrogen-bond acceptors (Lipinski definition) is 3. The van der Waals surface area contributed by atoms with Crippen LogP contribution in [-0.4, -0.2) is 21.5 Å². The molecule has 5 heteroatoms. The summed E-state index contributed by atoms with van der Waals surface area (Å²) in [5.74, 6) is -0.0838. The molecule has 0 aliphatic carbocycles. The third-order valence-corrected chi connectivity index (χ3v) is 5.66. The Morgan fingerprint density at radius 1 is 0.938 bits per heavy atom. The van der Waals surface area contributed by atoms with Crippen molar-refractivity contribution >= 4 is 16.9 Å². The number of amides is 1. The van der Waals surface area contributed by atoms with Gasteiger partial charge in [0.15, 0.2) is 0 Å². The molecule has 0 bridgehead atoms. The van der Waals surface area contributed by atoms with Gasteiger partial charge in [-0.25, -0.2) is 4.98 Å². The predicted octanol–water partition coefficient (Wildman–Crippen LogP) is 4.50. The van der Waals surface area contributed by atoms with E-state index in [2.05, 4.69) is 22.4 Å². The van der Waals surface area contributed by atoms with Gasteiger partial charge in [-0.2, -0.15) is 0 Å². The van der Waals surface area contributed by atoms with Crippen LogP contribution in [0.15, 0.2) is 83.7 Å². The van der Waals surface area contributed by atoms with Crippen molar-refractivity contribution in [3.63, 3.8) is 0 Å². The summed E-state index contributed by atoms with van der Waals surface area (Å²) in [7, 11) is 0. The van der Waals surface area contributed by atoms with Gasteiger partial charge in [0.2, 0.25) is 0 Å². The van der Waals surface area contributed by atoms with Gasteiger partial charge < -0.3 is 9.88 Å². The molecule has 0 radical (unpaired) electrons. The second kappa shape index (κ2) is 9.60. The number of rotatable bonds is 7. The molecule has 1 atom stereocenters. The predicted molar refractivity (Wildman–Crippen MR) is 128 cm³/mol. The monoisotopic (exact) mass is 425 g/mol. The largest absolute Gasteiger partial charge is 0.350 e. The van der Waals surface area contributed by atoms with Crippen LogP contribution in [0.3, 0.4) is 0 Å². The summed E-state index contributed by atoms with van der Waals surface area (Å²) in [4.78, 5) is 29.7. The summed E-state index contributed by atoms with van der Waals surface area (Å²) >= 11 is 0. The molecule has 4 rings (SSSR count). The van der Waals surface area contributed by atoms with Gasteiger partial charge in [0.1, 0.15) is 5.69 Å². The molecule has 0 fully saturated rings. The topological polar surface area (TPSA) is 64.0 Å². The minimum Gasteiger partial charge on any atom is -0.350 e. The summed E-state index contributed by atoms with van der Waals surface area (Å²) in [5, 5.41) is 3.07. The zero-order chi connectivity index (χ0) is 22.5. The lowest BCUT2D eigenvalue weighted by Gasteiger charge is -2.15. The number of carbonyl (C=O) groups is 1. The Kier molecular flexibility index (Phi) is 6.45. The molecule has 0 aliphatic rings. The van der Waals surface area contributed by atoms with Gasteiger partial charge in [0.05, 0.1) is 17.6 Å². The molecule has 0 saturated carbocycles. The molecule has 1 amide bonds. The van der Waals surface area contributed by atoms with Gasteiger partial charge in [-0.3, -0.25) is 9.59 Å². The average Bonchev–Trinajstić information content (AvgIpc) is 2.81. The van der Waals surface area contributed by atoms with Crippen LogP contribution < -0.4 is 10.9 Å². The maximum atomic E-state index is 12.7. The molecule has 5 nitrogen and oxygen atoms in total. The summed E-state index contributed by atoms with van der Waals surface area (Å²) in [6.07, 6.45) is 1.81. The Morgan fingerprint density at radius 3 is 2.38 bits per heavy atom. The van der Waals surface area contributed by atoms with E-state index in [1.807, 2.05) is 73.7 Å². The van der Waals surface area contributed by atoms with Crippen molar-refractivity contribution in [3.05, 3.63) is 112 Å². The lowest BCUT2D eigenvalue weighted by molar-refractivity contribution is 0.0938. The summed E-state index contributed by atoms with van der Waals surface area (Å²) in [5.41, 5.74) is 4.82. The van der Waals surface area contributed by atoms with Gasteiger partial charge in [-0.15, -0.1) is 0 Å².